The highest BCUT2D eigenvalue weighted by molar-refractivity contribution is 7.98. The van der Waals surface area contributed by atoms with Gasteiger partial charge in [-0.1, -0.05) is 30.0 Å². The number of para-hydroxylation sites is 1. The van der Waals surface area contributed by atoms with Gasteiger partial charge in [-0.3, -0.25) is 0 Å². The first-order valence-electron chi connectivity index (χ1n) is 5.43. The molecule has 0 aliphatic carbocycles. The molecule has 2 heterocycles. The summed E-state index contributed by atoms with van der Waals surface area (Å²) in [6.45, 7) is 0. The first-order valence-corrected chi connectivity index (χ1v) is 6.66. The number of rotatable bonds is 3. The second-order valence-electron chi connectivity index (χ2n) is 3.59. The summed E-state index contributed by atoms with van der Waals surface area (Å²) < 4.78 is 7.04. The minimum absolute atomic E-state index is 0.163. The summed E-state index contributed by atoms with van der Waals surface area (Å²) >= 11 is 1.41. The Balaban J connectivity index is 2.02. The molecule has 0 saturated heterocycles. The lowest BCUT2D eigenvalue weighted by atomic mass is 10.3. The number of nitrogens with zero attached hydrogens (tertiary/aromatic N) is 5. The summed E-state index contributed by atoms with van der Waals surface area (Å²) in [5.74, 6) is 1.18. The van der Waals surface area contributed by atoms with Crippen molar-refractivity contribution in [1.82, 2.24) is 24.6 Å². The van der Waals surface area contributed by atoms with E-state index < -0.39 is 0 Å². The highest BCUT2D eigenvalue weighted by Gasteiger charge is 2.12. The molecule has 7 nitrogen and oxygen atoms in total. The number of aromatic nitrogens is 5. The molecule has 0 bridgehead atoms. The number of hydrogen-bond donors (Lipinski definition) is 1. The van der Waals surface area contributed by atoms with Crippen LogP contribution in [0.25, 0.3) is 5.78 Å². The Bertz CT molecular complexity index is 714. The molecule has 3 rings (SSSR count). The fraction of sp³-hybridized carbons (Fsp3) is 0.0909. The molecular weight excluding hydrogens is 264 g/mol. The molecule has 0 spiro atoms. The van der Waals surface area contributed by atoms with E-state index in [2.05, 4.69) is 20.1 Å². The summed E-state index contributed by atoms with van der Waals surface area (Å²) in [5, 5.41) is 4.81. The molecule has 19 heavy (non-hydrogen) atoms. The lowest BCUT2D eigenvalue weighted by molar-refractivity contribution is 0.440. The third-order valence-electron chi connectivity index (χ3n) is 2.31. The van der Waals surface area contributed by atoms with Gasteiger partial charge in [0.05, 0.1) is 0 Å². The number of benzene rings is 1. The molecule has 0 amide bonds. The van der Waals surface area contributed by atoms with Gasteiger partial charge in [-0.25, -0.2) is 0 Å². The zero-order valence-corrected chi connectivity index (χ0v) is 10.8. The fourth-order valence-corrected chi connectivity index (χ4v) is 2.01. The summed E-state index contributed by atoms with van der Waals surface area (Å²) in [5.41, 5.74) is 5.60. The summed E-state index contributed by atoms with van der Waals surface area (Å²) in [6.07, 6.45) is 1.88. The number of anilines is 1. The van der Waals surface area contributed by atoms with Gasteiger partial charge in [0.2, 0.25) is 5.95 Å². The predicted molar refractivity (Wildman–Crippen MR) is 71.3 cm³/mol. The third-order valence-corrected chi connectivity index (χ3v) is 2.94. The van der Waals surface area contributed by atoms with E-state index in [1.807, 2.05) is 36.6 Å². The molecule has 2 N–H and O–H groups in total. The molecule has 0 atom stereocenters. The monoisotopic (exact) mass is 274 g/mol. The van der Waals surface area contributed by atoms with Crippen molar-refractivity contribution in [1.29, 1.82) is 0 Å². The van der Waals surface area contributed by atoms with Gasteiger partial charge < -0.3 is 10.5 Å². The van der Waals surface area contributed by atoms with Gasteiger partial charge in [0.25, 0.3) is 5.78 Å². The number of hydrogen-bond acceptors (Lipinski definition) is 7. The molecule has 0 fully saturated rings. The Morgan fingerprint density at radius 3 is 2.68 bits per heavy atom. The van der Waals surface area contributed by atoms with Crippen LogP contribution in [0, 0.1) is 0 Å². The smallest absolute Gasteiger partial charge is 0.343 e. The van der Waals surface area contributed by atoms with E-state index in [0.717, 1.165) is 0 Å². The van der Waals surface area contributed by atoms with Crippen molar-refractivity contribution in [3.05, 3.63) is 30.3 Å². The van der Waals surface area contributed by atoms with Crippen LogP contribution in [0.5, 0.6) is 11.8 Å². The van der Waals surface area contributed by atoms with E-state index in [1.165, 1.54) is 16.3 Å². The van der Waals surface area contributed by atoms with Crippen LogP contribution in [0.4, 0.5) is 5.95 Å². The second-order valence-corrected chi connectivity index (χ2v) is 4.36. The maximum atomic E-state index is 5.60. The van der Waals surface area contributed by atoms with Crippen LogP contribution < -0.4 is 10.5 Å². The zero-order valence-electron chi connectivity index (χ0n) is 10.0. The van der Waals surface area contributed by atoms with Gasteiger partial charge in [0.1, 0.15) is 5.75 Å². The maximum Gasteiger partial charge on any atom is 0.343 e. The Hall–Kier alpha value is -2.35. The molecule has 8 heteroatoms. The molecule has 0 radical (unpaired) electrons. The molecule has 1 aromatic carbocycles. The van der Waals surface area contributed by atoms with Crippen LogP contribution in [0.1, 0.15) is 0 Å². The minimum Gasteiger partial charge on any atom is -0.423 e. The van der Waals surface area contributed by atoms with Gasteiger partial charge in [0.15, 0.2) is 5.16 Å². The molecular formula is C11H10N6OS. The van der Waals surface area contributed by atoms with Crippen molar-refractivity contribution in [3.63, 3.8) is 0 Å². The number of thioether (sulfide) groups is 1. The van der Waals surface area contributed by atoms with Gasteiger partial charge >= 0.3 is 6.01 Å². The molecule has 0 unspecified atom stereocenters. The van der Waals surface area contributed by atoms with Gasteiger partial charge in [0, 0.05) is 0 Å². The van der Waals surface area contributed by atoms with Crippen molar-refractivity contribution < 1.29 is 4.74 Å². The average Bonchev–Trinajstić information content (AvgIpc) is 2.81. The predicted octanol–water partition coefficient (Wildman–Crippen LogP) is 1.62. The number of ether oxygens (including phenoxy) is 1. The highest BCUT2D eigenvalue weighted by atomic mass is 32.2. The van der Waals surface area contributed by atoms with Crippen LogP contribution in [0.15, 0.2) is 35.5 Å². The van der Waals surface area contributed by atoms with Gasteiger partial charge in [-0.2, -0.15) is 19.5 Å². The molecule has 0 aliphatic heterocycles. The van der Waals surface area contributed by atoms with E-state index in [0.29, 0.717) is 16.7 Å². The van der Waals surface area contributed by atoms with Crippen molar-refractivity contribution in [2.45, 2.75) is 5.16 Å². The lowest BCUT2D eigenvalue weighted by Gasteiger charge is -1.99. The van der Waals surface area contributed by atoms with E-state index >= 15 is 0 Å². The van der Waals surface area contributed by atoms with Crippen LogP contribution in [-0.4, -0.2) is 30.8 Å². The molecule has 0 aliphatic rings. The average molecular weight is 274 g/mol. The third kappa shape index (κ3) is 2.29. The fourth-order valence-electron chi connectivity index (χ4n) is 1.53. The van der Waals surface area contributed by atoms with Gasteiger partial charge in [-0.15, -0.1) is 5.10 Å². The Morgan fingerprint density at radius 1 is 1.16 bits per heavy atom. The lowest BCUT2D eigenvalue weighted by Crippen LogP contribution is -2.03. The van der Waals surface area contributed by atoms with Crippen molar-refractivity contribution in [3.8, 4) is 11.8 Å². The first kappa shape index (κ1) is 11.7. The first-order chi connectivity index (χ1) is 9.26. The van der Waals surface area contributed by atoms with Crippen LogP contribution >= 0.6 is 11.8 Å². The normalized spacial score (nSPS) is 10.8. The number of nitrogen functional groups attached to an aromatic ring is 1. The Labute approximate surface area is 112 Å². The molecule has 96 valence electrons. The Morgan fingerprint density at radius 2 is 1.95 bits per heavy atom. The molecule has 0 saturated carbocycles. The second kappa shape index (κ2) is 4.73. The van der Waals surface area contributed by atoms with Crippen LogP contribution in [-0.2, 0) is 0 Å². The van der Waals surface area contributed by atoms with Crippen LogP contribution in [0.2, 0.25) is 0 Å². The van der Waals surface area contributed by atoms with Gasteiger partial charge in [-0.05, 0) is 18.4 Å². The topological polar surface area (TPSA) is 91.2 Å². The number of fused-ring (bicyclic) bond motifs is 1. The Kier molecular flexibility index (Phi) is 2.92. The van der Waals surface area contributed by atoms with Crippen molar-refractivity contribution in [2.24, 2.45) is 0 Å². The van der Waals surface area contributed by atoms with Crippen molar-refractivity contribution >= 4 is 23.5 Å². The van der Waals surface area contributed by atoms with E-state index in [9.17, 15) is 0 Å². The molecule has 3 aromatic rings. The quantitative estimate of drug-likeness (QED) is 0.725. The zero-order chi connectivity index (χ0) is 13.2. The largest absolute Gasteiger partial charge is 0.423 e. The standard InChI is InChI=1S/C11H10N6OS/c1-19-11-14-8(12)13-9-15-10(16-17(9)11)18-7-5-3-2-4-6-7/h2-6H,1H3,(H2,12,13,15,16). The van der Waals surface area contributed by atoms with E-state index in [4.69, 9.17) is 10.5 Å². The summed E-state index contributed by atoms with van der Waals surface area (Å²) in [6, 6.07) is 9.50. The van der Waals surface area contributed by atoms with E-state index in [-0.39, 0.29) is 12.0 Å². The summed E-state index contributed by atoms with van der Waals surface area (Å²) in [4.78, 5) is 12.2. The molecule has 2 aromatic heterocycles. The SMILES string of the molecule is CSc1nc(N)nc2nc(Oc3ccccc3)nn12. The highest BCUT2D eigenvalue weighted by Crippen LogP contribution is 2.20. The number of nitrogens with two attached hydrogens (primary N) is 1. The van der Waals surface area contributed by atoms with Crippen LogP contribution in [0.3, 0.4) is 0 Å². The minimum atomic E-state index is 0.163. The van der Waals surface area contributed by atoms with E-state index in [1.54, 1.807) is 0 Å². The summed E-state index contributed by atoms with van der Waals surface area (Å²) in [7, 11) is 0. The maximum absolute atomic E-state index is 5.60. The van der Waals surface area contributed by atoms with Crippen molar-refractivity contribution in [2.75, 3.05) is 12.0 Å².